The fraction of sp³-hybridized carbons (Fsp3) is 0.231. The molecule has 0 aliphatic carbocycles. The van der Waals surface area contributed by atoms with Gasteiger partial charge in [0.2, 0.25) is 0 Å². The first kappa shape index (κ1) is 13.9. The first-order chi connectivity index (χ1) is 10.0. The molecule has 0 aromatic heterocycles. The van der Waals surface area contributed by atoms with E-state index in [9.17, 15) is 13.6 Å². The van der Waals surface area contributed by atoms with E-state index < -0.39 is 23.6 Å². The van der Waals surface area contributed by atoms with E-state index in [4.69, 9.17) is 0 Å². The number of rotatable bonds is 1. The van der Waals surface area contributed by atoms with E-state index in [-0.39, 0.29) is 5.56 Å². The maximum absolute atomic E-state index is 14.0. The number of carbonyl (C=O) groups is 1. The zero-order chi connectivity index (χ0) is 15.1. The van der Waals surface area contributed by atoms with Crippen LogP contribution in [0.2, 0.25) is 0 Å². The number of hydrogen-bond acceptors (Lipinski definition) is 5. The Morgan fingerprint density at radius 3 is 2.62 bits per heavy atom. The van der Waals surface area contributed by atoms with Crippen molar-refractivity contribution in [1.82, 2.24) is 14.5 Å². The van der Waals surface area contributed by atoms with E-state index in [1.165, 1.54) is 15.9 Å². The van der Waals surface area contributed by atoms with E-state index in [0.29, 0.717) is 11.5 Å². The van der Waals surface area contributed by atoms with Crippen molar-refractivity contribution in [3.63, 3.8) is 0 Å². The summed E-state index contributed by atoms with van der Waals surface area (Å²) < 4.78 is 35.0. The zero-order valence-corrected chi connectivity index (χ0v) is 12.1. The lowest BCUT2D eigenvalue weighted by Crippen LogP contribution is -2.49. The lowest BCUT2D eigenvalue weighted by molar-refractivity contribution is -0.134. The Balaban J connectivity index is 2.14. The molecule has 1 N–H and O–H groups in total. The van der Waals surface area contributed by atoms with Crippen LogP contribution in [-0.4, -0.2) is 36.0 Å². The van der Waals surface area contributed by atoms with Gasteiger partial charge >= 0.3 is 0 Å². The van der Waals surface area contributed by atoms with Crippen molar-refractivity contribution in [3.05, 3.63) is 46.9 Å². The number of likely N-dealkylation sites (N-methyl/N-ethyl adjacent to an activating group) is 2. The molecule has 0 radical (unpaired) electrons. The minimum absolute atomic E-state index is 0.252. The van der Waals surface area contributed by atoms with Gasteiger partial charge in [0.15, 0.2) is 0 Å². The lowest BCUT2D eigenvalue weighted by Gasteiger charge is -2.41. The summed E-state index contributed by atoms with van der Waals surface area (Å²) in [5.41, 5.74) is 0.312. The van der Waals surface area contributed by atoms with Crippen LogP contribution in [0.25, 0.3) is 0 Å². The zero-order valence-electron chi connectivity index (χ0n) is 11.3. The summed E-state index contributed by atoms with van der Waals surface area (Å²) in [4.78, 5) is 15.4. The number of amides is 1. The predicted octanol–water partition coefficient (Wildman–Crippen LogP) is 1.82. The largest absolute Gasteiger partial charge is 0.343 e. The van der Waals surface area contributed by atoms with Gasteiger partial charge in [-0.2, -0.15) is 0 Å². The third-order valence-corrected chi connectivity index (χ3v) is 4.05. The second-order valence-corrected chi connectivity index (χ2v) is 5.31. The normalized spacial score (nSPS) is 21.5. The predicted molar refractivity (Wildman–Crippen MR) is 75.9 cm³/mol. The molecule has 0 spiro atoms. The van der Waals surface area contributed by atoms with Crippen LogP contribution in [0.5, 0.6) is 0 Å². The molecule has 110 valence electrons. The molecule has 3 rings (SSSR count). The van der Waals surface area contributed by atoms with Crippen molar-refractivity contribution in [3.8, 4) is 0 Å². The molecule has 21 heavy (non-hydrogen) atoms. The van der Waals surface area contributed by atoms with Gasteiger partial charge in [-0.05, 0) is 12.1 Å². The van der Waals surface area contributed by atoms with Crippen molar-refractivity contribution in [2.24, 2.45) is 4.40 Å². The Morgan fingerprint density at radius 2 is 1.95 bits per heavy atom. The Kier molecular flexibility index (Phi) is 3.32. The summed E-state index contributed by atoms with van der Waals surface area (Å²) in [6.45, 7) is 0. The number of nitrogens with zero attached hydrogens (tertiary/aromatic N) is 3. The molecule has 2 aliphatic heterocycles. The molecule has 1 atom stereocenters. The summed E-state index contributed by atoms with van der Waals surface area (Å²) in [6, 6.07) is 2.51. The third kappa shape index (κ3) is 2.06. The molecule has 0 bridgehead atoms. The Hall–Kier alpha value is -2.09. The molecule has 0 saturated carbocycles. The number of carbonyl (C=O) groups excluding carboxylic acids is 1. The van der Waals surface area contributed by atoms with E-state index in [1.54, 1.807) is 20.3 Å². The summed E-state index contributed by atoms with van der Waals surface area (Å²) in [6.07, 6.45) is 1.54. The van der Waals surface area contributed by atoms with Crippen molar-refractivity contribution in [2.45, 2.75) is 6.04 Å². The van der Waals surface area contributed by atoms with Crippen LogP contribution in [0.1, 0.15) is 11.6 Å². The maximum atomic E-state index is 14.0. The van der Waals surface area contributed by atoms with Gasteiger partial charge < -0.3 is 9.80 Å². The quantitative estimate of drug-likeness (QED) is 0.804. The Bertz CT molecular complexity index is 656. The van der Waals surface area contributed by atoms with Crippen molar-refractivity contribution in [2.75, 3.05) is 14.1 Å². The average Bonchev–Trinajstić information content (AvgIpc) is 2.48. The topological polar surface area (TPSA) is 47.9 Å². The number of halogens is 2. The number of hydrogen-bond donors (Lipinski definition) is 1. The van der Waals surface area contributed by atoms with Gasteiger partial charge in [-0.1, -0.05) is 6.07 Å². The van der Waals surface area contributed by atoms with Crippen LogP contribution >= 0.6 is 12.1 Å². The molecule has 0 fully saturated rings. The van der Waals surface area contributed by atoms with E-state index in [2.05, 4.69) is 9.12 Å². The molecule has 0 saturated heterocycles. The third-order valence-electron chi connectivity index (χ3n) is 3.55. The van der Waals surface area contributed by atoms with Gasteiger partial charge in [0, 0.05) is 14.1 Å². The van der Waals surface area contributed by atoms with Crippen LogP contribution in [0, 0.1) is 11.6 Å². The van der Waals surface area contributed by atoms with Gasteiger partial charge in [0.25, 0.3) is 5.91 Å². The highest BCUT2D eigenvalue weighted by Crippen LogP contribution is 2.35. The van der Waals surface area contributed by atoms with E-state index in [1.807, 2.05) is 0 Å². The summed E-state index contributed by atoms with van der Waals surface area (Å²) in [7, 11) is 3.17. The number of allylic oxidation sites excluding steroid dienone is 1. The highest BCUT2D eigenvalue weighted by atomic mass is 32.2. The van der Waals surface area contributed by atoms with Crippen LogP contribution in [0.3, 0.4) is 0 Å². The molecule has 2 heterocycles. The number of benzene rings is 1. The highest BCUT2D eigenvalue weighted by molar-refractivity contribution is 7.96. The monoisotopic (exact) mass is 310 g/mol. The fourth-order valence-corrected chi connectivity index (χ4v) is 2.98. The van der Waals surface area contributed by atoms with Crippen LogP contribution in [0.4, 0.5) is 8.78 Å². The second-order valence-electron chi connectivity index (χ2n) is 4.71. The molecular weight excluding hydrogens is 298 g/mol. The van der Waals surface area contributed by atoms with Gasteiger partial charge in [0.05, 0.1) is 23.9 Å². The van der Waals surface area contributed by atoms with E-state index >= 15 is 0 Å². The molecule has 8 heteroatoms. The van der Waals surface area contributed by atoms with E-state index in [0.717, 1.165) is 24.3 Å². The smallest absolute Gasteiger partial charge is 0.254 e. The van der Waals surface area contributed by atoms with Crippen molar-refractivity contribution >= 4 is 24.3 Å². The standard InChI is InChI=1S/C13H12F2N4OS/c1-18-9-6-16-21-17-12(9)19(2)11(13(18)20)10-7(14)4-3-5-8(10)15/h3-6,11,17H,1-2H3. The maximum Gasteiger partial charge on any atom is 0.254 e. The lowest BCUT2D eigenvalue weighted by atomic mass is 10.0. The molecule has 5 nitrogen and oxygen atoms in total. The molecule has 2 aliphatic rings. The van der Waals surface area contributed by atoms with Gasteiger partial charge in [0.1, 0.15) is 29.2 Å². The summed E-state index contributed by atoms with van der Waals surface area (Å²) >= 11 is 1.09. The summed E-state index contributed by atoms with van der Waals surface area (Å²) in [5, 5.41) is 0. The molecule has 1 amide bonds. The van der Waals surface area contributed by atoms with Crippen LogP contribution in [-0.2, 0) is 4.79 Å². The van der Waals surface area contributed by atoms with Crippen molar-refractivity contribution < 1.29 is 13.6 Å². The fourth-order valence-electron chi connectivity index (χ4n) is 2.44. The second kappa shape index (κ2) is 5.03. The first-order valence-corrected chi connectivity index (χ1v) is 6.93. The van der Waals surface area contributed by atoms with Gasteiger partial charge in [-0.3, -0.25) is 9.52 Å². The Labute approximate surface area is 124 Å². The van der Waals surface area contributed by atoms with Gasteiger partial charge in [-0.25, -0.2) is 13.2 Å². The van der Waals surface area contributed by atoms with Gasteiger partial charge in [-0.15, -0.1) is 0 Å². The van der Waals surface area contributed by atoms with Crippen LogP contribution < -0.4 is 4.72 Å². The first-order valence-electron chi connectivity index (χ1n) is 6.16. The average molecular weight is 310 g/mol. The Morgan fingerprint density at radius 1 is 1.29 bits per heavy atom. The SMILES string of the molecule is CN1C(=O)C(c2c(F)cccc2F)N(C)C2=C1C=NSN2. The minimum atomic E-state index is -1.06. The molecule has 1 aromatic rings. The molecule has 1 unspecified atom stereocenters. The highest BCUT2D eigenvalue weighted by Gasteiger charge is 2.40. The minimum Gasteiger partial charge on any atom is -0.343 e. The van der Waals surface area contributed by atoms with Crippen LogP contribution in [0.15, 0.2) is 34.1 Å². The number of nitrogens with one attached hydrogen (secondary N) is 1. The molecular formula is C13H12F2N4OS. The van der Waals surface area contributed by atoms with Crippen molar-refractivity contribution in [1.29, 1.82) is 0 Å². The molecule has 1 aromatic carbocycles. The summed E-state index contributed by atoms with van der Waals surface area (Å²) in [5.74, 6) is -1.31.